The maximum Gasteiger partial charge on any atom is 0.422 e. The normalized spacial score (nSPS) is 20.6. The molecule has 0 spiro atoms. The average Bonchev–Trinajstić information content (AvgIpc) is 2.71. The fraction of sp³-hybridized carbons (Fsp3) is 0.538. The van der Waals surface area contributed by atoms with Crippen molar-refractivity contribution in [2.75, 3.05) is 0 Å². The second-order valence-electron chi connectivity index (χ2n) is 9.05. The van der Waals surface area contributed by atoms with E-state index >= 15 is 0 Å². The van der Waals surface area contributed by atoms with E-state index in [9.17, 15) is 22.0 Å². The first kappa shape index (κ1) is 23.7. The first-order chi connectivity index (χ1) is 14.7. The fourth-order valence-electron chi connectivity index (χ4n) is 5.00. The van der Waals surface area contributed by atoms with Gasteiger partial charge in [0.25, 0.3) is 0 Å². The summed E-state index contributed by atoms with van der Waals surface area (Å²) in [4.78, 5) is 0. The van der Waals surface area contributed by atoms with Gasteiger partial charge in [0.1, 0.15) is 17.2 Å². The van der Waals surface area contributed by atoms with Gasteiger partial charge in [0.15, 0.2) is 0 Å². The van der Waals surface area contributed by atoms with Crippen LogP contribution in [-0.4, -0.2) is 0 Å². The summed E-state index contributed by atoms with van der Waals surface area (Å²) in [6.45, 7) is 4.62. The zero-order valence-corrected chi connectivity index (χ0v) is 18.2. The van der Waals surface area contributed by atoms with Crippen LogP contribution in [0.25, 0.3) is 0 Å². The summed E-state index contributed by atoms with van der Waals surface area (Å²) in [6, 6.07) is 9.89. The number of hydrogen-bond acceptors (Lipinski definition) is 0. The molecule has 5 heteroatoms. The summed E-state index contributed by atoms with van der Waals surface area (Å²) in [7, 11) is 0. The van der Waals surface area contributed by atoms with Gasteiger partial charge in [0.2, 0.25) is 0 Å². The van der Waals surface area contributed by atoms with Crippen molar-refractivity contribution >= 4 is 0 Å². The lowest BCUT2D eigenvalue weighted by atomic mass is 9.73. The van der Waals surface area contributed by atoms with Crippen molar-refractivity contribution in [3.8, 4) is 0 Å². The smallest absolute Gasteiger partial charge is 0.206 e. The Labute approximate surface area is 181 Å². The summed E-state index contributed by atoms with van der Waals surface area (Å²) in [5, 5.41) is 0. The van der Waals surface area contributed by atoms with Crippen LogP contribution in [0.4, 0.5) is 22.0 Å². The largest absolute Gasteiger partial charge is 0.422 e. The quantitative estimate of drug-likeness (QED) is 0.380. The Morgan fingerprint density at radius 1 is 0.871 bits per heavy atom. The lowest BCUT2D eigenvalue weighted by Crippen LogP contribution is -2.19. The van der Waals surface area contributed by atoms with Gasteiger partial charge in [0, 0.05) is 0 Å². The van der Waals surface area contributed by atoms with E-state index in [1.54, 1.807) is 0 Å². The molecule has 2 aromatic rings. The van der Waals surface area contributed by atoms with E-state index in [0.717, 1.165) is 29.5 Å². The molecule has 0 aliphatic heterocycles. The molecule has 1 aliphatic carbocycles. The molecule has 0 amide bonds. The number of alkyl halides is 3. The molecule has 31 heavy (non-hydrogen) atoms. The van der Waals surface area contributed by atoms with E-state index in [-0.39, 0.29) is 12.0 Å². The van der Waals surface area contributed by atoms with Crippen molar-refractivity contribution in [2.45, 2.75) is 77.3 Å². The average molecular weight is 439 g/mol. The predicted molar refractivity (Wildman–Crippen MR) is 114 cm³/mol. The van der Waals surface area contributed by atoms with Crippen LogP contribution in [-0.2, 0) is 19.0 Å². The van der Waals surface area contributed by atoms with Crippen LogP contribution in [0.1, 0.15) is 80.5 Å². The molecular weight excluding hydrogens is 407 g/mol. The number of aryl methyl sites for hydroxylation is 2. The SMILES string of the molecule is CCCC(C)C1CCC(c2ccc(CCc3cc(F)c(C(F)(F)F)c(F)c3)cc2)CC1. The van der Waals surface area contributed by atoms with Crippen LogP contribution in [0.3, 0.4) is 0 Å². The van der Waals surface area contributed by atoms with Gasteiger partial charge in [0.05, 0.1) is 0 Å². The minimum atomic E-state index is -5.03. The minimum absolute atomic E-state index is 0.228. The van der Waals surface area contributed by atoms with Gasteiger partial charge in [-0.3, -0.25) is 0 Å². The Balaban J connectivity index is 1.56. The zero-order valence-electron chi connectivity index (χ0n) is 18.2. The molecular formula is C26H31F5. The second-order valence-corrected chi connectivity index (χ2v) is 9.05. The van der Waals surface area contributed by atoms with Gasteiger partial charge < -0.3 is 0 Å². The third-order valence-electron chi connectivity index (χ3n) is 6.86. The summed E-state index contributed by atoms with van der Waals surface area (Å²) in [5.41, 5.74) is 0.748. The monoisotopic (exact) mass is 438 g/mol. The highest BCUT2D eigenvalue weighted by Crippen LogP contribution is 2.40. The Bertz CT molecular complexity index is 822. The van der Waals surface area contributed by atoms with Gasteiger partial charge in [-0.05, 0) is 85.1 Å². The standard InChI is InChI=1S/C26H31F5/c1-3-4-17(2)20-11-13-22(14-12-20)21-9-7-18(8-10-21)5-6-19-15-23(27)25(24(28)16-19)26(29,30)31/h7-10,15-17,20,22H,3-6,11-14H2,1-2H3. The molecule has 0 heterocycles. The van der Waals surface area contributed by atoms with Gasteiger partial charge in [-0.15, -0.1) is 0 Å². The zero-order chi connectivity index (χ0) is 22.6. The van der Waals surface area contributed by atoms with Crippen LogP contribution >= 0.6 is 0 Å². The van der Waals surface area contributed by atoms with Crippen molar-refractivity contribution in [2.24, 2.45) is 11.8 Å². The van der Waals surface area contributed by atoms with Crippen LogP contribution in [0, 0.1) is 23.5 Å². The molecule has 2 aromatic carbocycles. The topological polar surface area (TPSA) is 0 Å². The molecule has 0 saturated heterocycles. The maximum atomic E-state index is 13.8. The molecule has 0 bridgehead atoms. The van der Waals surface area contributed by atoms with Crippen molar-refractivity contribution in [3.63, 3.8) is 0 Å². The molecule has 3 rings (SSSR count). The third kappa shape index (κ3) is 6.08. The first-order valence-corrected chi connectivity index (χ1v) is 11.3. The predicted octanol–water partition coefficient (Wildman–Crippen LogP) is 8.48. The van der Waals surface area contributed by atoms with Crippen molar-refractivity contribution in [1.82, 2.24) is 0 Å². The number of rotatable bonds is 7. The summed E-state index contributed by atoms with van der Waals surface area (Å²) in [5.74, 6) is -0.895. The summed E-state index contributed by atoms with van der Waals surface area (Å²) in [6.07, 6.45) is 3.29. The summed E-state index contributed by atoms with van der Waals surface area (Å²) < 4.78 is 65.6. The van der Waals surface area contributed by atoms with Crippen molar-refractivity contribution < 1.29 is 22.0 Å². The van der Waals surface area contributed by atoms with E-state index in [1.807, 2.05) is 12.1 Å². The fourth-order valence-corrected chi connectivity index (χ4v) is 5.00. The molecule has 1 aliphatic rings. The van der Waals surface area contributed by atoms with Crippen molar-refractivity contribution in [3.05, 3.63) is 70.3 Å². The number of benzene rings is 2. The lowest BCUT2D eigenvalue weighted by molar-refractivity contribution is -0.142. The van der Waals surface area contributed by atoms with Gasteiger partial charge in [-0.2, -0.15) is 13.2 Å². The molecule has 0 radical (unpaired) electrons. The molecule has 1 unspecified atom stereocenters. The lowest BCUT2D eigenvalue weighted by Gasteiger charge is -2.32. The van der Waals surface area contributed by atoms with E-state index < -0.39 is 23.4 Å². The number of hydrogen-bond donors (Lipinski definition) is 0. The van der Waals surface area contributed by atoms with E-state index in [1.165, 1.54) is 44.1 Å². The minimum Gasteiger partial charge on any atom is -0.206 e. The molecule has 0 aromatic heterocycles. The third-order valence-corrected chi connectivity index (χ3v) is 6.86. The molecule has 0 N–H and O–H groups in total. The number of halogens is 5. The Kier molecular flexibility index (Phi) is 7.77. The highest BCUT2D eigenvalue weighted by molar-refractivity contribution is 5.30. The van der Waals surface area contributed by atoms with Gasteiger partial charge in [-0.25, -0.2) is 8.78 Å². The summed E-state index contributed by atoms with van der Waals surface area (Å²) >= 11 is 0. The molecule has 170 valence electrons. The first-order valence-electron chi connectivity index (χ1n) is 11.3. The van der Waals surface area contributed by atoms with Crippen molar-refractivity contribution in [1.29, 1.82) is 0 Å². The maximum absolute atomic E-state index is 13.8. The van der Waals surface area contributed by atoms with Crippen LogP contribution in [0.2, 0.25) is 0 Å². The second kappa shape index (κ2) is 10.1. The Hall–Kier alpha value is -1.91. The highest BCUT2D eigenvalue weighted by atomic mass is 19.4. The van der Waals surface area contributed by atoms with E-state index in [0.29, 0.717) is 12.3 Å². The van der Waals surface area contributed by atoms with Crippen LogP contribution in [0.15, 0.2) is 36.4 Å². The van der Waals surface area contributed by atoms with Crippen LogP contribution in [0.5, 0.6) is 0 Å². The van der Waals surface area contributed by atoms with E-state index in [2.05, 4.69) is 26.0 Å². The molecule has 0 nitrogen and oxygen atoms in total. The molecule has 1 fully saturated rings. The van der Waals surface area contributed by atoms with Gasteiger partial charge >= 0.3 is 6.18 Å². The molecule has 1 saturated carbocycles. The highest BCUT2D eigenvalue weighted by Gasteiger charge is 2.37. The van der Waals surface area contributed by atoms with Crippen LogP contribution < -0.4 is 0 Å². The molecule has 1 atom stereocenters. The van der Waals surface area contributed by atoms with Gasteiger partial charge in [-0.1, -0.05) is 51.0 Å². The Morgan fingerprint density at radius 3 is 1.94 bits per heavy atom. The Morgan fingerprint density at radius 2 is 1.42 bits per heavy atom. The van der Waals surface area contributed by atoms with E-state index in [4.69, 9.17) is 0 Å².